The maximum atomic E-state index is 6.04. The molecule has 0 aliphatic rings. The zero-order chi connectivity index (χ0) is 23.3. The van der Waals surface area contributed by atoms with Crippen LogP contribution >= 0.6 is 31.9 Å². The van der Waals surface area contributed by atoms with Crippen LogP contribution < -0.4 is 4.74 Å². The molecule has 4 nitrogen and oxygen atoms in total. The molecule has 5 aromatic rings. The smallest absolute Gasteiger partial charge is 0.142 e. The van der Waals surface area contributed by atoms with Gasteiger partial charge in [-0.15, -0.1) is 0 Å². The summed E-state index contributed by atoms with van der Waals surface area (Å²) in [6.07, 6.45) is 0. The fraction of sp³-hybridized carbons (Fsp3) is 0.107. The number of aromatic nitrogens is 1. The Hall–Kier alpha value is -3.09. The van der Waals surface area contributed by atoms with E-state index >= 15 is 0 Å². The quantitative estimate of drug-likeness (QED) is 0.138. The lowest BCUT2D eigenvalue weighted by Gasteiger charge is -2.12. The normalized spacial score (nSPS) is 11.8. The highest BCUT2D eigenvalue weighted by Gasteiger charge is 2.14. The average molecular weight is 578 g/mol. The summed E-state index contributed by atoms with van der Waals surface area (Å²) in [6.45, 7) is 1.28. The van der Waals surface area contributed by atoms with Crippen LogP contribution in [-0.2, 0) is 18.0 Å². The Labute approximate surface area is 215 Å². The Balaban J connectivity index is 1.48. The molecule has 1 aromatic heterocycles. The summed E-state index contributed by atoms with van der Waals surface area (Å²) in [4.78, 5) is 5.76. The van der Waals surface area contributed by atoms with E-state index in [-0.39, 0.29) is 0 Å². The summed E-state index contributed by atoms with van der Waals surface area (Å²) in [5.74, 6) is 0.799. The summed E-state index contributed by atoms with van der Waals surface area (Å²) in [5.41, 5.74) is 4.13. The number of nitrogens with zero attached hydrogens (tertiary/aromatic N) is 2. The lowest BCUT2D eigenvalue weighted by Crippen LogP contribution is -2.19. The van der Waals surface area contributed by atoms with Crippen LogP contribution in [0.2, 0.25) is 0 Å². The fourth-order valence-corrected chi connectivity index (χ4v) is 4.68. The highest BCUT2D eigenvalue weighted by atomic mass is 79.9. The van der Waals surface area contributed by atoms with Gasteiger partial charge in [0.1, 0.15) is 24.7 Å². The standard InChI is InChI=1S/C28H22Br2N2O2/c29-21-11-13-27-25(15-21)26-16-22(30)12-14-28(26)32(27)17-23(19-33-24-9-5-2-6-10-24)31-34-18-20-7-3-1-4-8-20/h1-16H,17-19H2/b31-23-. The number of para-hydroxylation sites is 1. The van der Waals surface area contributed by atoms with Crippen molar-refractivity contribution in [2.24, 2.45) is 5.16 Å². The number of oxime groups is 1. The largest absolute Gasteiger partial charge is 0.487 e. The maximum Gasteiger partial charge on any atom is 0.142 e. The molecular weight excluding hydrogens is 556 g/mol. The van der Waals surface area contributed by atoms with Gasteiger partial charge in [-0.05, 0) is 54.1 Å². The Morgan fingerprint density at radius 3 is 1.94 bits per heavy atom. The molecule has 34 heavy (non-hydrogen) atoms. The van der Waals surface area contributed by atoms with E-state index in [0.717, 1.165) is 37.0 Å². The molecule has 0 aliphatic heterocycles. The summed E-state index contributed by atoms with van der Waals surface area (Å²) in [7, 11) is 0. The van der Waals surface area contributed by atoms with Crippen LogP contribution in [0.4, 0.5) is 0 Å². The number of hydrogen-bond donors (Lipinski definition) is 0. The number of halogens is 2. The second-order valence-corrected chi connectivity index (χ2v) is 9.76. The molecule has 0 saturated carbocycles. The molecule has 0 saturated heterocycles. The minimum Gasteiger partial charge on any atom is -0.487 e. The van der Waals surface area contributed by atoms with Crippen LogP contribution in [0.15, 0.2) is 111 Å². The van der Waals surface area contributed by atoms with E-state index in [1.807, 2.05) is 60.7 Å². The molecule has 0 radical (unpaired) electrons. The van der Waals surface area contributed by atoms with Gasteiger partial charge in [0.15, 0.2) is 0 Å². The van der Waals surface area contributed by atoms with Gasteiger partial charge in [0.2, 0.25) is 0 Å². The summed E-state index contributed by atoms with van der Waals surface area (Å²) >= 11 is 7.24. The van der Waals surface area contributed by atoms with E-state index in [4.69, 9.17) is 9.57 Å². The van der Waals surface area contributed by atoms with Crippen molar-refractivity contribution in [3.05, 3.63) is 112 Å². The molecule has 0 spiro atoms. The molecule has 5 rings (SSSR count). The van der Waals surface area contributed by atoms with Crippen LogP contribution in [0, 0.1) is 0 Å². The zero-order valence-corrected chi connectivity index (χ0v) is 21.5. The lowest BCUT2D eigenvalue weighted by atomic mass is 10.2. The van der Waals surface area contributed by atoms with Gasteiger partial charge in [0.25, 0.3) is 0 Å². The second kappa shape index (κ2) is 10.5. The SMILES string of the molecule is Brc1ccc2c(c1)c1cc(Br)ccc1n2C/C(COc1ccccc1)=N/OCc1ccccc1. The van der Waals surface area contributed by atoms with Gasteiger partial charge in [0.05, 0.1) is 6.54 Å². The predicted octanol–water partition coefficient (Wildman–Crippen LogP) is 7.97. The first-order chi connectivity index (χ1) is 16.7. The molecule has 0 amide bonds. The minimum absolute atomic E-state index is 0.326. The van der Waals surface area contributed by atoms with Crippen LogP contribution in [0.1, 0.15) is 5.56 Å². The van der Waals surface area contributed by atoms with Gasteiger partial charge in [-0.25, -0.2) is 0 Å². The third kappa shape index (κ3) is 5.18. The third-order valence-electron chi connectivity index (χ3n) is 5.55. The lowest BCUT2D eigenvalue weighted by molar-refractivity contribution is 0.128. The van der Waals surface area contributed by atoms with Crippen molar-refractivity contribution < 1.29 is 9.57 Å². The topological polar surface area (TPSA) is 35.8 Å². The Morgan fingerprint density at radius 1 is 0.735 bits per heavy atom. The highest BCUT2D eigenvalue weighted by Crippen LogP contribution is 2.33. The van der Waals surface area contributed by atoms with Crippen molar-refractivity contribution in [1.29, 1.82) is 0 Å². The monoisotopic (exact) mass is 576 g/mol. The molecule has 0 aliphatic carbocycles. The molecule has 0 N–H and O–H groups in total. The number of rotatable bonds is 8. The van der Waals surface area contributed by atoms with Gasteiger partial charge in [-0.2, -0.15) is 0 Å². The Bertz CT molecular complexity index is 1390. The first-order valence-electron chi connectivity index (χ1n) is 10.9. The van der Waals surface area contributed by atoms with Crippen molar-refractivity contribution in [3.63, 3.8) is 0 Å². The van der Waals surface area contributed by atoms with E-state index in [1.54, 1.807) is 0 Å². The van der Waals surface area contributed by atoms with Gasteiger partial charge in [-0.1, -0.05) is 85.5 Å². The zero-order valence-electron chi connectivity index (χ0n) is 18.3. The molecular formula is C28H22Br2N2O2. The van der Waals surface area contributed by atoms with Crippen LogP contribution in [0.3, 0.4) is 0 Å². The first kappa shape index (κ1) is 22.7. The van der Waals surface area contributed by atoms with E-state index in [9.17, 15) is 0 Å². The van der Waals surface area contributed by atoms with Gasteiger partial charge in [-0.3, -0.25) is 0 Å². The van der Waals surface area contributed by atoms with E-state index < -0.39 is 0 Å². The van der Waals surface area contributed by atoms with Crippen LogP contribution in [0.5, 0.6) is 5.75 Å². The van der Waals surface area contributed by atoms with Gasteiger partial charge < -0.3 is 14.1 Å². The first-order valence-corrected chi connectivity index (χ1v) is 12.5. The second-order valence-electron chi connectivity index (χ2n) is 7.93. The van der Waals surface area contributed by atoms with Crippen molar-refractivity contribution in [1.82, 2.24) is 4.57 Å². The molecule has 0 bridgehead atoms. The fourth-order valence-electron chi connectivity index (χ4n) is 3.96. The number of benzene rings is 4. The molecule has 170 valence electrons. The molecule has 1 heterocycles. The summed E-state index contributed by atoms with van der Waals surface area (Å²) in [5, 5.41) is 6.87. The number of fused-ring (bicyclic) bond motifs is 3. The van der Waals surface area contributed by atoms with Crippen molar-refractivity contribution >= 4 is 59.4 Å². The van der Waals surface area contributed by atoms with Crippen LogP contribution in [-0.4, -0.2) is 16.9 Å². The van der Waals surface area contributed by atoms with Gasteiger partial charge in [0, 0.05) is 30.8 Å². The van der Waals surface area contributed by atoms with E-state index in [1.165, 1.54) is 10.8 Å². The summed E-state index contributed by atoms with van der Waals surface area (Å²) in [6, 6.07) is 32.5. The number of hydrogen-bond acceptors (Lipinski definition) is 3. The maximum absolute atomic E-state index is 6.04. The minimum atomic E-state index is 0.326. The van der Waals surface area contributed by atoms with Crippen molar-refractivity contribution in [3.8, 4) is 5.75 Å². The summed E-state index contributed by atoms with van der Waals surface area (Å²) < 4.78 is 10.4. The van der Waals surface area contributed by atoms with Crippen molar-refractivity contribution in [2.75, 3.05) is 6.61 Å². The van der Waals surface area contributed by atoms with E-state index in [2.05, 4.69) is 78.0 Å². The molecule has 6 heteroatoms. The van der Waals surface area contributed by atoms with E-state index in [0.29, 0.717) is 19.8 Å². The molecule has 0 fully saturated rings. The molecule has 0 atom stereocenters. The molecule has 4 aromatic carbocycles. The van der Waals surface area contributed by atoms with Gasteiger partial charge >= 0.3 is 0 Å². The van der Waals surface area contributed by atoms with Crippen molar-refractivity contribution in [2.45, 2.75) is 13.2 Å². The average Bonchev–Trinajstić information content (AvgIpc) is 3.15. The van der Waals surface area contributed by atoms with Crippen LogP contribution in [0.25, 0.3) is 21.8 Å². The molecule has 0 unspecified atom stereocenters. The third-order valence-corrected chi connectivity index (χ3v) is 6.53. The Morgan fingerprint density at radius 2 is 1.32 bits per heavy atom. The highest BCUT2D eigenvalue weighted by molar-refractivity contribution is 9.10. The predicted molar refractivity (Wildman–Crippen MR) is 145 cm³/mol. The number of ether oxygens (including phenoxy) is 1. The Kier molecular flexibility index (Phi) is 6.97.